The lowest BCUT2D eigenvalue weighted by Crippen LogP contribution is -2.41. The van der Waals surface area contributed by atoms with Crippen LogP contribution in [0.4, 0.5) is 0 Å². The zero-order valence-electron chi connectivity index (χ0n) is 13.4. The molecule has 0 bridgehead atoms. The van der Waals surface area contributed by atoms with E-state index in [2.05, 4.69) is 5.32 Å². The molecule has 8 heteroatoms. The standard InChI is InChI=1S/C15H20N4O3S/c1-17(2)11(12-5-4-8-23-12)9-16-13(20)10-19-7-6-14(21)18(3)15(19)22/h4-8,11H,9-10H2,1-3H3,(H,16,20)/t11-/m0/s1. The number of amides is 1. The predicted octanol–water partition coefficient (Wildman–Crippen LogP) is 0.0276. The van der Waals surface area contributed by atoms with Crippen LogP contribution in [0.1, 0.15) is 10.9 Å². The highest BCUT2D eigenvalue weighted by atomic mass is 32.1. The van der Waals surface area contributed by atoms with Gasteiger partial charge in [0.2, 0.25) is 5.91 Å². The molecule has 0 fully saturated rings. The molecular weight excluding hydrogens is 316 g/mol. The number of likely N-dealkylation sites (N-methyl/N-ethyl adjacent to an activating group) is 1. The molecule has 1 amide bonds. The van der Waals surface area contributed by atoms with Crippen LogP contribution >= 0.6 is 11.3 Å². The maximum absolute atomic E-state index is 12.1. The summed E-state index contributed by atoms with van der Waals surface area (Å²) in [6.07, 6.45) is 1.34. The fraction of sp³-hybridized carbons (Fsp3) is 0.400. The summed E-state index contributed by atoms with van der Waals surface area (Å²) in [6, 6.07) is 5.35. The highest BCUT2D eigenvalue weighted by molar-refractivity contribution is 7.10. The first-order valence-corrected chi connectivity index (χ1v) is 8.01. The average molecular weight is 336 g/mol. The normalized spacial score (nSPS) is 12.3. The van der Waals surface area contributed by atoms with Crippen LogP contribution in [0.3, 0.4) is 0 Å². The van der Waals surface area contributed by atoms with E-state index in [-0.39, 0.29) is 18.5 Å². The third-order valence-corrected chi connectivity index (χ3v) is 4.54. The molecule has 2 heterocycles. The van der Waals surface area contributed by atoms with Crippen LogP contribution < -0.4 is 16.6 Å². The average Bonchev–Trinajstić information content (AvgIpc) is 3.02. The van der Waals surface area contributed by atoms with E-state index >= 15 is 0 Å². The second kappa shape index (κ2) is 7.38. The number of nitrogens with zero attached hydrogens (tertiary/aromatic N) is 3. The van der Waals surface area contributed by atoms with E-state index in [1.165, 1.54) is 23.9 Å². The minimum Gasteiger partial charge on any atom is -0.353 e. The van der Waals surface area contributed by atoms with Gasteiger partial charge in [-0.05, 0) is 25.5 Å². The Morgan fingerprint density at radius 1 is 1.35 bits per heavy atom. The van der Waals surface area contributed by atoms with Gasteiger partial charge in [-0.25, -0.2) is 4.79 Å². The Balaban J connectivity index is 2.01. The summed E-state index contributed by atoms with van der Waals surface area (Å²) >= 11 is 1.63. The fourth-order valence-electron chi connectivity index (χ4n) is 2.18. The van der Waals surface area contributed by atoms with Gasteiger partial charge < -0.3 is 10.2 Å². The Bertz CT molecular complexity index is 777. The highest BCUT2D eigenvalue weighted by Crippen LogP contribution is 2.22. The summed E-state index contributed by atoms with van der Waals surface area (Å²) in [5, 5.41) is 4.84. The topological polar surface area (TPSA) is 76.3 Å². The quantitative estimate of drug-likeness (QED) is 0.807. The van der Waals surface area contributed by atoms with Gasteiger partial charge in [0.25, 0.3) is 5.56 Å². The number of nitrogens with one attached hydrogen (secondary N) is 1. The largest absolute Gasteiger partial charge is 0.353 e. The molecule has 0 aliphatic carbocycles. The summed E-state index contributed by atoms with van der Waals surface area (Å²) in [4.78, 5) is 38.5. The van der Waals surface area contributed by atoms with E-state index in [0.717, 1.165) is 9.44 Å². The van der Waals surface area contributed by atoms with Crippen molar-refractivity contribution in [3.8, 4) is 0 Å². The summed E-state index contributed by atoms with van der Waals surface area (Å²) in [7, 11) is 5.29. The number of rotatable bonds is 6. The van der Waals surface area contributed by atoms with Gasteiger partial charge in [-0.1, -0.05) is 6.07 Å². The van der Waals surface area contributed by atoms with Crippen molar-refractivity contribution in [2.24, 2.45) is 7.05 Å². The Kier molecular flexibility index (Phi) is 5.51. The van der Waals surface area contributed by atoms with Gasteiger partial charge in [0.15, 0.2) is 0 Å². The van der Waals surface area contributed by atoms with Crippen molar-refractivity contribution < 1.29 is 4.79 Å². The van der Waals surface area contributed by atoms with Gasteiger partial charge in [0.05, 0.1) is 6.04 Å². The lowest BCUT2D eigenvalue weighted by atomic mass is 10.2. The maximum Gasteiger partial charge on any atom is 0.331 e. The van der Waals surface area contributed by atoms with E-state index in [0.29, 0.717) is 6.54 Å². The number of hydrogen-bond acceptors (Lipinski definition) is 5. The second-order valence-electron chi connectivity index (χ2n) is 5.42. The molecule has 23 heavy (non-hydrogen) atoms. The van der Waals surface area contributed by atoms with Gasteiger partial charge >= 0.3 is 5.69 Å². The Morgan fingerprint density at radius 2 is 2.09 bits per heavy atom. The van der Waals surface area contributed by atoms with E-state index < -0.39 is 11.2 Å². The molecule has 0 saturated heterocycles. The van der Waals surface area contributed by atoms with E-state index in [1.807, 2.05) is 36.5 Å². The lowest BCUT2D eigenvalue weighted by molar-refractivity contribution is -0.121. The number of thiophene rings is 1. The molecule has 0 aliphatic heterocycles. The van der Waals surface area contributed by atoms with Crippen LogP contribution in [-0.4, -0.2) is 40.6 Å². The molecule has 1 atom stereocenters. The molecular formula is C15H20N4O3S. The van der Waals surface area contributed by atoms with E-state index in [9.17, 15) is 14.4 Å². The third-order valence-electron chi connectivity index (χ3n) is 3.56. The number of aromatic nitrogens is 2. The smallest absolute Gasteiger partial charge is 0.331 e. The van der Waals surface area contributed by atoms with Crippen molar-refractivity contribution in [1.29, 1.82) is 0 Å². The summed E-state index contributed by atoms with van der Waals surface area (Å²) in [5.41, 5.74) is -0.896. The van der Waals surface area contributed by atoms with Gasteiger partial charge in [0, 0.05) is 30.7 Å². The molecule has 1 N–H and O–H groups in total. The van der Waals surface area contributed by atoms with Crippen LogP contribution in [0.5, 0.6) is 0 Å². The number of carbonyl (C=O) groups is 1. The third kappa shape index (κ3) is 4.17. The number of carbonyl (C=O) groups excluding carboxylic acids is 1. The van der Waals surface area contributed by atoms with Crippen molar-refractivity contribution in [1.82, 2.24) is 19.4 Å². The van der Waals surface area contributed by atoms with Crippen LogP contribution in [0, 0.1) is 0 Å². The first kappa shape index (κ1) is 17.2. The fourth-order valence-corrected chi connectivity index (χ4v) is 3.10. The van der Waals surface area contributed by atoms with Crippen molar-refractivity contribution >= 4 is 17.2 Å². The molecule has 0 radical (unpaired) electrons. The van der Waals surface area contributed by atoms with Crippen molar-refractivity contribution in [3.05, 3.63) is 55.5 Å². The molecule has 2 aromatic heterocycles. The minimum atomic E-state index is -0.505. The predicted molar refractivity (Wildman–Crippen MR) is 89.7 cm³/mol. The second-order valence-corrected chi connectivity index (χ2v) is 6.40. The minimum absolute atomic E-state index is 0.0794. The van der Waals surface area contributed by atoms with Gasteiger partial charge in [-0.2, -0.15) is 0 Å². The highest BCUT2D eigenvalue weighted by Gasteiger charge is 2.16. The zero-order chi connectivity index (χ0) is 17.0. The van der Waals surface area contributed by atoms with E-state index in [1.54, 1.807) is 11.3 Å². The molecule has 0 spiro atoms. The molecule has 0 aliphatic rings. The van der Waals surface area contributed by atoms with Crippen molar-refractivity contribution in [2.75, 3.05) is 20.6 Å². The molecule has 2 aromatic rings. The van der Waals surface area contributed by atoms with Crippen molar-refractivity contribution in [2.45, 2.75) is 12.6 Å². The first-order chi connectivity index (χ1) is 10.9. The summed E-state index contributed by atoms with van der Waals surface area (Å²) in [6.45, 7) is 0.338. The SMILES string of the molecule is CN(C)[C@@H](CNC(=O)Cn1ccc(=O)n(C)c1=O)c1cccs1. The summed E-state index contributed by atoms with van der Waals surface area (Å²) < 4.78 is 2.19. The van der Waals surface area contributed by atoms with Crippen LogP contribution in [0.2, 0.25) is 0 Å². The Labute approximate surface area is 137 Å². The first-order valence-electron chi connectivity index (χ1n) is 7.13. The Hall–Kier alpha value is -2.19. The van der Waals surface area contributed by atoms with Crippen molar-refractivity contribution in [3.63, 3.8) is 0 Å². The Morgan fingerprint density at radius 3 is 2.70 bits per heavy atom. The van der Waals surface area contributed by atoms with E-state index in [4.69, 9.17) is 0 Å². The monoisotopic (exact) mass is 336 g/mol. The maximum atomic E-state index is 12.1. The molecule has 124 valence electrons. The van der Waals surface area contributed by atoms with Crippen LogP contribution in [0.25, 0.3) is 0 Å². The van der Waals surface area contributed by atoms with Gasteiger partial charge in [0.1, 0.15) is 6.54 Å². The molecule has 0 saturated carbocycles. The molecule has 7 nitrogen and oxygen atoms in total. The van der Waals surface area contributed by atoms with Gasteiger partial charge in [-0.15, -0.1) is 11.3 Å². The molecule has 2 rings (SSSR count). The number of hydrogen-bond donors (Lipinski definition) is 1. The van der Waals surface area contributed by atoms with Crippen LogP contribution in [-0.2, 0) is 18.4 Å². The zero-order valence-corrected chi connectivity index (χ0v) is 14.2. The van der Waals surface area contributed by atoms with Crippen LogP contribution in [0.15, 0.2) is 39.4 Å². The molecule has 0 aromatic carbocycles. The van der Waals surface area contributed by atoms with Gasteiger partial charge in [-0.3, -0.25) is 18.7 Å². The summed E-state index contributed by atoms with van der Waals surface area (Å²) in [5.74, 6) is -0.269. The lowest BCUT2D eigenvalue weighted by Gasteiger charge is -2.23. The molecule has 0 unspecified atom stereocenters.